The summed E-state index contributed by atoms with van der Waals surface area (Å²) in [4.78, 5) is 12.9. The highest BCUT2D eigenvalue weighted by Gasteiger charge is 2.22. The van der Waals surface area contributed by atoms with Crippen molar-refractivity contribution in [1.82, 2.24) is 15.3 Å². The Kier molecular flexibility index (Phi) is 7.90. The predicted octanol–water partition coefficient (Wildman–Crippen LogP) is 2.53. The summed E-state index contributed by atoms with van der Waals surface area (Å²) in [6, 6.07) is 9.73. The summed E-state index contributed by atoms with van der Waals surface area (Å²) in [5.41, 5.74) is 7.97. The van der Waals surface area contributed by atoms with Gasteiger partial charge in [0.15, 0.2) is 5.96 Å². The summed E-state index contributed by atoms with van der Waals surface area (Å²) in [6.45, 7) is 1.97. The van der Waals surface area contributed by atoms with Gasteiger partial charge in [0.2, 0.25) is 5.88 Å². The van der Waals surface area contributed by atoms with Crippen LogP contribution in [0.15, 0.2) is 47.7 Å². The largest absolute Gasteiger partial charge is 0.477 e. The van der Waals surface area contributed by atoms with Crippen LogP contribution in [0.2, 0.25) is 0 Å². The molecule has 7 heteroatoms. The van der Waals surface area contributed by atoms with Crippen LogP contribution in [-0.2, 0) is 13.0 Å². The van der Waals surface area contributed by atoms with E-state index in [-0.39, 0.29) is 24.0 Å². The van der Waals surface area contributed by atoms with Gasteiger partial charge in [-0.2, -0.15) is 0 Å². The molecule has 25 heavy (non-hydrogen) atoms. The maximum absolute atomic E-state index is 5.90. The number of hydrogen-bond acceptors (Lipinski definition) is 4. The molecule has 0 aliphatic heterocycles. The molecule has 1 aliphatic carbocycles. The van der Waals surface area contributed by atoms with Gasteiger partial charge in [-0.1, -0.05) is 6.07 Å². The van der Waals surface area contributed by atoms with E-state index in [2.05, 4.69) is 20.3 Å². The molecule has 3 N–H and O–H groups in total. The first-order chi connectivity index (χ1) is 11.8. The topological polar surface area (TPSA) is 85.4 Å². The van der Waals surface area contributed by atoms with E-state index in [9.17, 15) is 0 Å². The van der Waals surface area contributed by atoms with E-state index in [1.165, 1.54) is 12.8 Å². The molecule has 134 valence electrons. The Labute approximate surface area is 165 Å². The van der Waals surface area contributed by atoms with Crippen LogP contribution < -0.4 is 15.8 Å². The van der Waals surface area contributed by atoms with Gasteiger partial charge < -0.3 is 15.8 Å². The smallest absolute Gasteiger partial charge is 0.213 e. The molecule has 1 aliphatic rings. The average Bonchev–Trinajstić information content (AvgIpc) is 3.44. The number of pyridine rings is 2. The second-order valence-electron chi connectivity index (χ2n) is 5.96. The maximum Gasteiger partial charge on any atom is 0.213 e. The normalized spacial score (nSPS) is 13.8. The van der Waals surface area contributed by atoms with Crippen LogP contribution in [0.5, 0.6) is 5.88 Å². The molecule has 2 aromatic rings. The van der Waals surface area contributed by atoms with Crippen LogP contribution in [0.3, 0.4) is 0 Å². The number of nitrogens with zero attached hydrogens (tertiary/aromatic N) is 3. The summed E-state index contributed by atoms with van der Waals surface area (Å²) in [7, 11) is 0. The number of nitrogens with one attached hydrogen (secondary N) is 1. The number of hydrogen-bond donors (Lipinski definition) is 2. The van der Waals surface area contributed by atoms with E-state index in [0.29, 0.717) is 30.8 Å². The average molecular weight is 453 g/mol. The van der Waals surface area contributed by atoms with Crippen molar-refractivity contribution in [3.8, 4) is 5.88 Å². The number of aromatic nitrogens is 2. The number of ether oxygens (including phenoxy) is 1. The summed E-state index contributed by atoms with van der Waals surface area (Å²) in [5, 5.41) is 3.11. The number of rotatable bonds is 8. The van der Waals surface area contributed by atoms with Gasteiger partial charge in [0.05, 0.1) is 13.2 Å². The second kappa shape index (κ2) is 10.2. The number of nitrogens with two attached hydrogens (primary N) is 1. The standard InChI is InChI=1S/C18H23N5O.HI/c19-18(22-10-7-16-3-1-2-8-20-16)23-12-15-6-9-21-17(11-15)24-13-14-4-5-14;/h1-3,6,8-9,11,14H,4-5,7,10,12-13H2,(H3,19,22,23);1H. The van der Waals surface area contributed by atoms with E-state index >= 15 is 0 Å². The lowest BCUT2D eigenvalue weighted by molar-refractivity contribution is 0.288. The van der Waals surface area contributed by atoms with Crippen molar-refractivity contribution >= 4 is 29.9 Å². The fraction of sp³-hybridized carbons (Fsp3) is 0.389. The zero-order valence-corrected chi connectivity index (χ0v) is 16.4. The Balaban J connectivity index is 0.00000225. The summed E-state index contributed by atoms with van der Waals surface area (Å²) in [6.07, 6.45) is 6.89. The Hall–Kier alpha value is -1.90. The zero-order chi connectivity index (χ0) is 16.6. The first-order valence-electron chi connectivity index (χ1n) is 8.31. The third-order valence-corrected chi connectivity index (χ3v) is 3.81. The molecule has 2 aromatic heterocycles. The molecule has 0 saturated heterocycles. The molecule has 1 saturated carbocycles. The van der Waals surface area contributed by atoms with Crippen LogP contribution in [0.1, 0.15) is 24.1 Å². The van der Waals surface area contributed by atoms with Crippen LogP contribution >= 0.6 is 24.0 Å². The summed E-state index contributed by atoms with van der Waals surface area (Å²) < 4.78 is 5.68. The summed E-state index contributed by atoms with van der Waals surface area (Å²) >= 11 is 0. The minimum atomic E-state index is 0. The highest BCUT2D eigenvalue weighted by atomic mass is 127. The van der Waals surface area contributed by atoms with Crippen molar-refractivity contribution in [2.24, 2.45) is 16.6 Å². The van der Waals surface area contributed by atoms with Gasteiger partial charge in [0.1, 0.15) is 0 Å². The van der Waals surface area contributed by atoms with Crippen molar-refractivity contribution < 1.29 is 4.74 Å². The van der Waals surface area contributed by atoms with Crippen LogP contribution in [-0.4, -0.2) is 29.1 Å². The lowest BCUT2D eigenvalue weighted by atomic mass is 10.2. The quantitative estimate of drug-likeness (QED) is 0.365. The van der Waals surface area contributed by atoms with Gasteiger partial charge in [-0.05, 0) is 42.5 Å². The molecule has 0 unspecified atom stereocenters. The van der Waals surface area contributed by atoms with E-state index in [4.69, 9.17) is 10.5 Å². The summed E-state index contributed by atoms with van der Waals surface area (Å²) in [5.74, 6) is 1.81. The van der Waals surface area contributed by atoms with Crippen molar-refractivity contribution in [2.75, 3.05) is 13.2 Å². The van der Waals surface area contributed by atoms with E-state index < -0.39 is 0 Å². The lowest BCUT2D eigenvalue weighted by Gasteiger charge is -2.07. The Bertz CT molecular complexity index is 676. The molecule has 0 spiro atoms. The number of halogens is 1. The minimum Gasteiger partial charge on any atom is -0.477 e. The van der Waals surface area contributed by atoms with Gasteiger partial charge in [-0.15, -0.1) is 24.0 Å². The SMILES string of the molecule is I.NC(=NCc1ccnc(OCC2CC2)c1)NCCc1ccccn1. The molecule has 0 bridgehead atoms. The van der Waals surface area contributed by atoms with E-state index in [1.54, 1.807) is 12.4 Å². The molecule has 1 fully saturated rings. The van der Waals surface area contributed by atoms with Crippen molar-refractivity contribution in [3.05, 3.63) is 54.0 Å². The monoisotopic (exact) mass is 453 g/mol. The molecular weight excluding hydrogens is 429 g/mol. The van der Waals surface area contributed by atoms with Gasteiger partial charge in [0, 0.05) is 37.1 Å². The highest BCUT2D eigenvalue weighted by Crippen LogP contribution is 2.29. The maximum atomic E-state index is 5.90. The Morgan fingerprint density at radius 3 is 2.88 bits per heavy atom. The van der Waals surface area contributed by atoms with Crippen LogP contribution in [0.4, 0.5) is 0 Å². The predicted molar refractivity (Wildman–Crippen MR) is 109 cm³/mol. The molecular formula is C18H24IN5O. The van der Waals surface area contributed by atoms with Crippen LogP contribution in [0.25, 0.3) is 0 Å². The lowest BCUT2D eigenvalue weighted by Crippen LogP contribution is -2.33. The van der Waals surface area contributed by atoms with Crippen molar-refractivity contribution in [1.29, 1.82) is 0 Å². The third kappa shape index (κ3) is 7.25. The molecule has 2 heterocycles. The van der Waals surface area contributed by atoms with E-state index in [1.807, 2.05) is 30.3 Å². The van der Waals surface area contributed by atoms with Crippen LogP contribution in [0, 0.1) is 5.92 Å². The second-order valence-corrected chi connectivity index (χ2v) is 5.96. The number of aliphatic imine (C=N–C) groups is 1. The first-order valence-corrected chi connectivity index (χ1v) is 8.31. The van der Waals surface area contributed by atoms with Crippen molar-refractivity contribution in [2.45, 2.75) is 25.8 Å². The molecule has 0 radical (unpaired) electrons. The molecule has 6 nitrogen and oxygen atoms in total. The first kappa shape index (κ1) is 19.4. The van der Waals surface area contributed by atoms with E-state index in [0.717, 1.165) is 24.3 Å². The van der Waals surface area contributed by atoms with Gasteiger partial charge >= 0.3 is 0 Å². The molecule has 3 rings (SSSR count). The highest BCUT2D eigenvalue weighted by molar-refractivity contribution is 14.0. The molecule has 0 amide bonds. The number of guanidine groups is 1. The van der Waals surface area contributed by atoms with Crippen molar-refractivity contribution in [3.63, 3.8) is 0 Å². The van der Waals surface area contributed by atoms with Gasteiger partial charge in [-0.3, -0.25) is 4.98 Å². The minimum absolute atomic E-state index is 0. The Morgan fingerprint density at radius 2 is 2.12 bits per heavy atom. The Morgan fingerprint density at radius 1 is 1.24 bits per heavy atom. The molecule has 0 aromatic carbocycles. The fourth-order valence-electron chi connectivity index (χ4n) is 2.21. The molecule has 0 atom stereocenters. The zero-order valence-electron chi connectivity index (χ0n) is 14.1. The fourth-order valence-corrected chi connectivity index (χ4v) is 2.21. The third-order valence-electron chi connectivity index (χ3n) is 3.81. The van der Waals surface area contributed by atoms with Gasteiger partial charge in [-0.25, -0.2) is 9.98 Å². The van der Waals surface area contributed by atoms with Gasteiger partial charge in [0.25, 0.3) is 0 Å².